The molecule has 0 saturated carbocycles. The monoisotopic (exact) mass is 513 g/mol. The number of benzene rings is 2. The summed E-state index contributed by atoms with van der Waals surface area (Å²) >= 11 is 0. The molecule has 4 rings (SSSR count). The summed E-state index contributed by atoms with van der Waals surface area (Å²) < 4.78 is 27.8. The van der Waals surface area contributed by atoms with Crippen molar-refractivity contribution in [2.24, 2.45) is 0 Å². The number of nitrogens with one attached hydrogen (secondary N) is 2. The number of rotatable bonds is 7. The average Bonchev–Trinajstić information content (AvgIpc) is 3.08. The van der Waals surface area contributed by atoms with Crippen molar-refractivity contribution >= 4 is 39.2 Å². The number of piperidine rings is 1. The molecule has 2 fully saturated rings. The van der Waals surface area contributed by atoms with E-state index in [0.29, 0.717) is 24.3 Å². The lowest BCUT2D eigenvalue weighted by molar-refractivity contribution is -0.133. The summed E-state index contributed by atoms with van der Waals surface area (Å²) in [6.45, 7) is 2.01. The van der Waals surface area contributed by atoms with Crippen molar-refractivity contribution in [3.05, 3.63) is 54.1 Å². The van der Waals surface area contributed by atoms with E-state index in [-0.39, 0.29) is 10.6 Å². The highest BCUT2D eigenvalue weighted by Crippen LogP contribution is 2.31. The van der Waals surface area contributed by atoms with Gasteiger partial charge in [-0.15, -0.1) is 0 Å². The number of anilines is 2. The molecular weight excluding hydrogens is 482 g/mol. The van der Waals surface area contributed by atoms with Crippen LogP contribution >= 0.6 is 0 Å². The molecule has 1 atom stereocenters. The van der Waals surface area contributed by atoms with Crippen LogP contribution in [0, 0.1) is 0 Å². The second-order valence-corrected chi connectivity index (χ2v) is 11.3. The molecule has 0 bridgehead atoms. The van der Waals surface area contributed by atoms with Crippen molar-refractivity contribution in [3.63, 3.8) is 0 Å². The maximum atomic E-state index is 13.2. The summed E-state index contributed by atoms with van der Waals surface area (Å²) in [6, 6.07) is 12.7. The van der Waals surface area contributed by atoms with Crippen LogP contribution in [0.15, 0.2) is 53.4 Å². The molecule has 2 N–H and O–H groups in total. The fraction of sp³-hybridized carbons (Fsp3) is 0.400. The molecule has 2 saturated heterocycles. The fourth-order valence-corrected chi connectivity index (χ4v) is 6.10. The van der Waals surface area contributed by atoms with Gasteiger partial charge in [0.1, 0.15) is 12.1 Å². The molecule has 2 aliphatic heterocycles. The van der Waals surface area contributed by atoms with E-state index >= 15 is 0 Å². The molecule has 4 amide bonds. The van der Waals surface area contributed by atoms with Gasteiger partial charge in [-0.3, -0.25) is 14.5 Å². The Labute approximate surface area is 211 Å². The van der Waals surface area contributed by atoms with Crippen LogP contribution in [-0.2, 0) is 25.2 Å². The molecule has 2 heterocycles. The minimum Gasteiger partial charge on any atom is -0.376 e. The van der Waals surface area contributed by atoms with Gasteiger partial charge in [0.15, 0.2) is 0 Å². The number of carbonyl (C=O) groups is 3. The van der Waals surface area contributed by atoms with Gasteiger partial charge in [-0.25, -0.2) is 13.2 Å². The first-order valence-electron chi connectivity index (χ1n) is 11.8. The van der Waals surface area contributed by atoms with Gasteiger partial charge in [-0.1, -0.05) is 36.8 Å². The van der Waals surface area contributed by atoms with Gasteiger partial charge in [-0.05, 0) is 43.5 Å². The minimum atomic E-state index is -3.71. The zero-order chi connectivity index (χ0) is 26.1. The summed E-state index contributed by atoms with van der Waals surface area (Å²) in [5.74, 6) is -1.16. The smallest absolute Gasteiger partial charge is 0.325 e. The number of nitrogens with zero attached hydrogens (tertiary/aromatic N) is 3. The predicted octanol–water partition coefficient (Wildman–Crippen LogP) is 2.33. The molecule has 0 unspecified atom stereocenters. The molecule has 10 nitrogen and oxygen atoms in total. The Bertz CT molecular complexity index is 1280. The van der Waals surface area contributed by atoms with Crippen molar-refractivity contribution in [2.45, 2.75) is 36.6 Å². The molecule has 0 spiro atoms. The van der Waals surface area contributed by atoms with Gasteiger partial charge in [-0.2, -0.15) is 4.31 Å². The highest BCUT2D eigenvalue weighted by Gasteiger charge is 2.49. The van der Waals surface area contributed by atoms with Crippen LogP contribution in [0.2, 0.25) is 0 Å². The molecule has 2 aliphatic rings. The normalized spacial score (nSPS) is 20.8. The van der Waals surface area contributed by atoms with Gasteiger partial charge in [0, 0.05) is 27.2 Å². The molecular formula is C25H31N5O5S. The predicted molar refractivity (Wildman–Crippen MR) is 136 cm³/mol. The lowest BCUT2D eigenvalue weighted by atomic mass is 9.92. The Kier molecular flexibility index (Phi) is 7.05. The van der Waals surface area contributed by atoms with E-state index in [0.717, 1.165) is 24.2 Å². The Hall–Kier alpha value is -3.44. The third-order valence-electron chi connectivity index (χ3n) is 6.60. The first-order chi connectivity index (χ1) is 17.0. The van der Waals surface area contributed by atoms with E-state index in [2.05, 4.69) is 10.6 Å². The maximum absolute atomic E-state index is 13.2. The van der Waals surface area contributed by atoms with Crippen molar-refractivity contribution in [3.8, 4) is 0 Å². The molecule has 0 aliphatic carbocycles. The van der Waals surface area contributed by atoms with Crippen molar-refractivity contribution in [1.29, 1.82) is 0 Å². The number of imide groups is 1. The van der Waals surface area contributed by atoms with Gasteiger partial charge in [0.25, 0.3) is 5.91 Å². The summed E-state index contributed by atoms with van der Waals surface area (Å²) in [5, 5.41) is 5.38. The zero-order valence-electron chi connectivity index (χ0n) is 20.7. The molecule has 192 valence electrons. The number of carbonyl (C=O) groups excluding carboxylic acids is 3. The van der Waals surface area contributed by atoms with Gasteiger partial charge in [0.2, 0.25) is 15.9 Å². The summed E-state index contributed by atoms with van der Waals surface area (Å²) in [7, 11) is -0.173. The third kappa shape index (κ3) is 4.80. The summed E-state index contributed by atoms with van der Waals surface area (Å²) in [6.07, 6.45) is 2.62. The van der Waals surface area contributed by atoms with Gasteiger partial charge < -0.3 is 15.5 Å². The lowest BCUT2D eigenvalue weighted by Gasteiger charge is -2.27. The van der Waals surface area contributed by atoms with Crippen LogP contribution in [0.1, 0.15) is 31.7 Å². The topological polar surface area (TPSA) is 119 Å². The Morgan fingerprint density at radius 2 is 1.72 bits per heavy atom. The van der Waals surface area contributed by atoms with Crippen LogP contribution in [0.4, 0.5) is 16.2 Å². The van der Waals surface area contributed by atoms with Crippen LogP contribution in [0.3, 0.4) is 0 Å². The molecule has 0 aromatic heterocycles. The first-order valence-corrected chi connectivity index (χ1v) is 13.3. The number of sulfonamides is 1. The Balaban J connectivity index is 1.55. The summed E-state index contributed by atoms with van der Waals surface area (Å²) in [4.78, 5) is 41.4. The Morgan fingerprint density at radius 3 is 2.36 bits per heavy atom. The Morgan fingerprint density at radius 1 is 1.06 bits per heavy atom. The van der Waals surface area contributed by atoms with Crippen LogP contribution in [-0.4, -0.2) is 69.2 Å². The molecule has 2 aromatic rings. The first kappa shape index (κ1) is 25.6. The highest BCUT2D eigenvalue weighted by molar-refractivity contribution is 7.89. The molecule has 0 radical (unpaired) electrons. The lowest BCUT2D eigenvalue weighted by Crippen LogP contribution is -2.42. The number of amides is 4. The quantitative estimate of drug-likeness (QED) is 0.549. The summed E-state index contributed by atoms with van der Waals surface area (Å²) in [5.41, 5.74) is 0.195. The zero-order valence-corrected chi connectivity index (χ0v) is 21.5. The number of hydrogen-bond acceptors (Lipinski definition) is 6. The highest BCUT2D eigenvalue weighted by atomic mass is 32.2. The SMILES string of the molecule is CN(C)c1ccc(S(=O)(=O)N2CCCCC2)cc1NC(=O)CN1C(=O)N[C@](C)(c2ccccc2)C1=O. The van der Waals surface area contributed by atoms with E-state index in [9.17, 15) is 22.8 Å². The third-order valence-corrected chi connectivity index (χ3v) is 8.50. The van der Waals surface area contributed by atoms with Gasteiger partial charge in [0.05, 0.1) is 16.3 Å². The second-order valence-electron chi connectivity index (χ2n) is 9.40. The number of urea groups is 1. The fourth-order valence-electron chi connectivity index (χ4n) is 4.56. The number of hydrogen-bond donors (Lipinski definition) is 2. The maximum Gasteiger partial charge on any atom is 0.325 e. The average molecular weight is 514 g/mol. The second kappa shape index (κ2) is 9.90. The minimum absolute atomic E-state index is 0.0805. The van der Waals surface area contributed by atoms with E-state index in [1.165, 1.54) is 16.4 Å². The van der Waals surface area contributed by atoms with Crippen LogP contribution in [0.25, 0.3) is 0 Å². The van der Waals surface area contributed by atoms with Gasteiger partial charge >= 0.3 is 6.03 Å². The van der Waals surface area contributed by atoms with Crippen molar-refractivity contribution in [2.75, 3.05) is 43.9 Å². The van der Waals surface area contributed by atoms with Crippen molar-refractivity contribution in [1.82, 2.24) is 14.5 Å². The van der Waals surface area contributed by atoms with Crippen LogP contribution in [0.5, 0.6) is 0 Å². The van der Waals surface area contributed by atoms with E-state index in [1.807, 2.05) is 0 Å². The molecule has 36 heavy (non-hydrogen) atoms. The molecule has 11 heteroatoms. The van der Waals surface area contributed by atoms with E-state index in [1.54, 1.807) is 62.3 Å². The van der Waals surface area contributed by atoms with Crippen LogP contribution < -0.4 is 15.5 Å². The standard InChI is InChI=1S/C25H31N5O5S/c1-25(18-10-6-4-7-11-18)23(32)30(24(33)27-25)17-22(31)26-20-16-19(12-13-21(20)28(2)3)36(34,35)29-14-8-5-9-15-29/h4,6-7,10-13,16H,5,8-9,14-15,17H2,1-3H3,(H,26,31)(H,27,33)/t25-/m1/s1. The molecule has 2 aromatic carbocycles. The van der Waals surface area contributed by atoms with E-state index < -0.39 is 40.0 Å². The van der Waals surface area contributed by atoms with E-state index in [4.69, 9.17) is 0 Å². The van der Waals surface area contributed by atoms with Crippen molar-refractivity contribution < 1.29 is 22.8 Å². The largest absolute Gasteiger partial charge is 0.376 e.